The van der Waals surface area contributed by atoms with Gasteiger partial charge in [-0.1, -0.05) is 17.7 Å². The molecule has 0 saturated heterocycles. The quantitative estimate of drug-likeness (QED) is 0.719. The van der Waals surface area contributed by atoms with Crippen molar-refractivity contribution in [2.75, 3.05) is 5.73 Å². The Labute approximate surface area is 112 Å². The summed E-state index contributed by atoms with van der Waals surface area (Å²) in [6.45, 7) is 6.22. The molecule has 1 aromatic carbocycles. The summed E-state index contributed by atoms with van der Waals surface area (Å²) in [5.41, 5.74) is 12.4. The van der Waals surface area contributed by atoms with Crippen LogP contribution in [0.3, 0.4) is 0 Å². The van der Waals surface area contributed by atoms with Crippen LogP contribution in [0.2, 0.25) is 0 Å². The second-order valence-electron chi connectivity index (χ2n) is 5.04. The van der Waals surface area contributed by atoms with Gasteiger partial charge in [0.05, 0.1) is 11.2 Å². The number of nitrogens with two attached hydrogens (primary N) is 1. The maximum atomic E-state index is 5.85. The van der Waals surface area contributed by atoms with E-state index in [4.69, 9.17) is 10.7 Å². The third-order valence-corrected chi connectivity index (χ3v) is 3.48. The van der Waals surface area contributed by atoms with Crippen LogP contribution < -0.4 is 5.73 Å². The molecule has 0 amide bonds. The van der Waals surface area contributed by atoms with Crippen LogP contribution >= 0.6 is 0 Å². The summed E-state index contributed by atoms with van der Waals surface area (Å²) in [7, 11) is 0. The van der Waals surface area contributed by atoms with Gasteiger partial charge in [0.15, 0.2) is 0 Å². The van der Waals surface area contributed by atoms with E-state index in [-0.39, 0.29) is 0 Å². The van der Waals surface area contributed by atoms with Crippen molar-refractivity contribution in [3.8, 4) is 11.3 Å². The molecule has 3 heteroatoms. The van der Waals surface area contributed by atoms with Gasteiger partial charge < -0.3 is 10.1 Å². The molecule has 3 aromatic rings. The number of hydrogen-bond donors (Lipinski definition) is 1. The van der Waals surface area contributed by atoms with Crippen molar-refractivity contribution in [1.29, 1.82) is 0 Å². The zero-order valence-corrected chi connectivity index (χ0v) is 11.4. The van der Waals surface area contributed by atoms with Crippen LogP contribution in [0.1, 0.15) is 17.0 Å². The molecule has 0 aliphatic rings. The number of rotatable bonds is 1. The standard InChI is InChI=1S/C16H17N3/c1-10-4-5-11(2)14(8-10)16-15-7-6-13(17)9-19(15)12(3)18-16/h4-9H,17H2,1-3H3. The van der Waals surface area contributed by atoms with Crippen molar-refractivity contribution in [3.05, 3.63) is 53.5 Å². The minimum absolute atomic E-state index is 0.750. The fourth-order valence-electron chi connectivity index (χ4n) is 2.44. The molecule has 0 radical (unpaired) electrons. The summed E-state index contributed by atoms with van der Waals surface area (Å²) >= 11 is 0. The smallest absolute Gasteiger partial charge is 0.110 e. The molecule has 0 saturated carbocycles. The summed E-state index contributed by atoms with van der Waals surface area (Å²) in [5.74, 6) is 0.957. The molecule has 2 heterocycles. The van der Waals surface area contributed by atoms with Gasteiger partial charge in [0, 0.05) is 17.4 Å². The zero-order chi connectivity index (χ0) is 13.6. The number of anilines is 1. The molecule has 0 unspecified atom stereocenters. The first-order valence-electron chi connectivity index (χ1n) is 6.38. The molecule has 3 rings (SSSR count). The van der Waals surface area contributed by atoms with Gasteiger partial charge in [0.25, 0.3) is 0 Å². The highest BCUT2D eigenvalue weighted by atomic mass is 15.0. The fourth-order valence-corrected chi connectivity index (χ4v) is 2.44. The molecule has 0 spiro atoms. The summed E-state index contributed by atoms with van der Waals surface area (Å²) in [4.78, 5) is 4.71. The van der Waals surface area contributed by atoms with E-state index in [1.54, 1.807) is 0 Å². The number of aromatic nitrogens is 2. The Morgan fingerprint density at radius 1 is 1.05 bits per heavy atom. The summed E-state index contributed by atoms with van der Waals surface area (Å²) in [6, 6.07) is 10.4. The van der Waals surface area contributed by atoms with Gasteiger partial charge in [-0.05, 0) is 44.5 Å². The van der Waals surface area contributed by atoms with Gasteiger partial charge in [-0.25, -0.2) is 4.98 Å². The van der Waals surface area contributed by atoms with Gasteiger partial charge in [0.2, 0.25) is 0 Å². The molecule has 0 fully saturated rings. The number of pyridine rings is 1. The average Bonchev–Trinajstić information content (AvgIpc) is 2.69. The highest BCUT2D eigenvalue weighted by Crippen LogP contribution is 2.29. The second-order valence-corrected chi connectivity index (χ2v) is 5.04. The number of nitrogen functional groups attached to an aromatic ring is 1. The topological polar surface area (TPSA) is 43.3 Å². The van der Waals surface area contributed by atoms with Crippen molar-refractivity contribution >= 4 is 11.2 Å². The largest absolute Gasteiger partial charge is 0.398 e. The highest BCUT2D eigenvalue weighted by molar-refractivity contribution is 5.80. The van der Waals surface area contributed by atoms with Gasteiger partial charge in [-0.3, -0.25) is 0 Å². The first-order chi connectivity index (χ1) is 9.06. The lowest BCUT2D eigenvalue weighted by Gasteiger charge is -2.05. The van der Waals surface area contributed by atoms with Crippen molar-refractivity contribution in [3.63, 3.8) is 0 Å². The van der Waals surface area contributed by atoms with E-state index >= 15 is 0 Å². The van der Waals surface area contributed by atoms with Gasteiger partial charge in [-0.2, -0.15) is 0 Å². The number of fused-ring (bicyclic) bond motifs is 1. The molecule has 2 N–H and O–H groups in total. The molecule has 3 nitrogen and oxygen atoms in total. The lowest BCUT2D eigenvalue weighted by molar-refractivity contribution is 1.05. The van der Waals surface area contributed by atoms with E-state index < -0.39 is 0 Å². The van der Waals surface area contributed by atoms with Crippen molar-refractivity contribution in [2.24, 2.45) is 0 Å². The van der Waals surface area contributed by atoms with Crippen LogP contribution in [0, 0.1) is 20.8 Å². The minimum Gasteiger partial charge on any atom is -0.398 e. The van der Waals surface area contributed by atoms with Gasteiger partial charge >= 0.3 is 0 Å². The second kappa shape index (κ2) is 4.12. The molecule has 2 aromatic heterocycles. The number of imidazole rings is 1. The third kappa shape index (κ3) is 1.87. The first-order valence-corrected chi connectivity index (χ1v) is 6.38. The molecule has 96 valence electrons. The Bertz CT molecular complexity index is 769. The maximum absolute atomic E-state index is 5.85. The van der Waals surface area contributed by atoms with E-state index in [1.807, 2.05) is 29.7 Å². The molecule has 0 bridgehead atoms. The minimum atomic E-state index is 0.750. The van der Waals surface area contributed by atoms with E-state index in [9.17, 15) is 0 Å². The number of benzene rings is 1. The van der Waals surface area contributed by atoms with E-state index in [0.29, 0.717) is 0 Å². The molecular weight excluding hydrogens is 234 g/mol. The lowest BCUT2D eigenvalue weighted by Crippen LogP contribution is -1.91. The Hall–Kier alpha value is -2.29. The van der Waals surface area contributed by atoms with Gasteiger partial charge in [0.1, 0.15) is 5.82 Å². The normalized spacial score (nSPS) is 11.1. The average molecular weight is 251 g/mol. The SMILES string of the molecule is Cc1ccc(C)c(-c2nc(C)n3cc(N)ccc23)c1. The lowest BCUT2D eigenvalue weighted by atomic mass is 10.0. The molecule has 0 aliphatic carbocycles. The number of aryl methyl sites for hydroxylation is 3. The molecule has 0 atom stereocenters. The predicted octanol–water partition coefficient (Wildman–Crippen LogP) is 3.51. The van der Waals surface area contributed by atoms with E-state index in [0.717, 1.165) is 22.7 Å². The monoisotopic (exact) mass is 251 g/mol. The van der Waals surface area contributed by atoms with E-state index in [1.165, 1.54) is 16.7 Å². The van der Waals surface area contributed by atoms with E-state index in [2.05, 4.69) is 32.0 Å². The molecule has 0 aliphatic heterocycles. The maximum Gasteiger partial charge on any atom is 0.110 e. The first kappa shape index (κ1) is 11.8. The highest BCUT2D eigenvalue weighted by Gasteiger charge is 2.12. The Morgan fingerprint density at radius 2 is 1.84 bits per heavy atom. The van der Waals surface area contributed by atoms with Crippen molar-refractivity contribution < 1.29 is 0 Å². The van der Waals surface area contributed by atoms with Crippen molar-refractivity contribution in [1.82, 2.24) is 9.38 Å². The fraction of sp³-hybridized carbons (Fsp3) is 0.188. The van der Waals surface area contributed by atoms with Gasteiger partial charge in [-0.15, -0.1) is 0 Å². The summed E-state index contributed by atoms with van der Waals surface area (Å²) in [5, 5.41) is 0. The zero-order valence-electron chi connectivity index (χ0n) is 11.4. The van der Waals surface area contributed by atoms with Crippen LogP contribution in [0.5, 0.6) is 0 Å². The summed E-state index contributed by atoms with van der Waals surface area (Å²) < 4.78 is 2.05. The van der Waals surface area contributed by atoms with Crippen LogP contribution in [-0.2, 0) is 0 Å². The van der Waals surface area contributed by atoms with Crippen LogP contribution in [0.25, 0.3) is 16.8 Å². The van der Waals surface area contributed by atoms with Crippen LogP contribution in [0.4, 0.5) is 5.69 Å². The van der Waals surface area contributed by atoms with Crippen LogP contribution in [-0.4, -0.2) is 9.38 Å². The molecular formula is C16H17N3. The van der Waals surface area contributed by atoms with Crippen molar-refractivity contribution in [2.45, 2.75) is 20.8 Å². The Morgan fingerprint density at radius 3 is 2.63 bits per heavy atom. The molecule has 19 heavy (non-hydrogen) atoms. The number of hydrogen-bond acceptors (Lipinski definition) is 2. The van der Waals surface area contributed by atoms with Crippen LogP contribution in [0.15, 0.2) is 36.5 Å². The number of nitrogens with zero attached hydrogens (tertiary/aromatic N) is 2. The Kier molecular flexibility index (Phi) is 2.56. The third-order valence-electron chi connectivity index (χ3n) is 3.48. The predicted molar refractivity (Wildman–Crippen MR) is 79.3 cm³/mol. The summed E-state index contributed by atoms with van der Waals surface area (Å²) in [6.07, 6.45) is 1.92. The Balaban J connectivity index is 2.34.